The first kappa shape index (κ1) is 22.3. The van der Waals surface area contributed by atoms with Gasteiger partial charge in [0.15, 0.2) is 0 Å². The summed E-state index contributed by atoms with van der Waals surface area (Å²) in [5.74, 6) is -0.479. The van der Waals surface area contributed by atoms with Gasteiger partial charge < -0.3 is 5.32 Å². The molecule has 3 rings (SSSR count). The summed E-state index contributed by atoms with van der Waals surface area (Å²) in [5, 5.41) is 11.5. The van der Waals surface area contributed by atoms with E-state index in [4.69, 9.17) is 16.9 Å². The van der Waals surface area contributed by atoms with Gasteiger partial charge in [-0.1, -0.05) is 41.4 Å². The summed E-state index contributed by atoms with van der Waals surface area (Å²) >= 11 is 6.15. The minimum absolute atomic E-state index is 0.00895. The fraction of sp³-hybridized carbons (Fsp3) is 0.130. The van der Waals surface area contributed by atoms with E-state index < -0.39 is 15.9 Å². The zero-order valence-corrected chi connectivity index (χ0v) is 18.5. The van der Waals surface area contributed by atoms with Gasteiger partial charge in [0, 0.05) is 11.3 Å². The number of nitrogens with one attached hydrogen (secondary N) is 2. The molecule has 31 heavy (non-hydrogen) atoms. The third-order valence-corrected chi connectivity index (χ3v) is 6.45. The van der Waals surface area contributed by atoms with E-state index >= 15 is 0 Å². The lowest BCUT2D eigenvalue weighted by molar-refractivity contribution is 0.102. The van der Waals surface area contributed by atoms with Crippen molar-refractivity contribution in [3.05, 3.63) is 87.9 Å². The van der Waals surface area contributed by atoms with Gasteiger partial charge in [0.2, 0.25) is 0 Å². The molecule has 0 aliphatic heterocycles. The van der Waals surface area contributed by atoms with Crippen molar-refractivity contribution in [2.45, 2.75) is 25.2 Å². The van der Waals surface area contributed by atoms with Gasteiger partial charge in [-0.05, 0) is 61.4 Å². The highest BCUT2D eigenvalue weighted by molar-refractivity contribution is 7.92. The number of nitriles is 1. The molecule has 0 atom stereocenters. The first-order chi connectivity index (χ1) is 14.7. The fourth-order valence-electron chi connectivity index (χ4n) is 2.98. The molecule has 6 nitrogen and oxygen atoms in total. The molecule has 0 saturated heterocycles. The average Bonchev–Trinajstić information content (AvgIpc) is 2.72. The third-order valence-electron chi connectivity index (χ3n) is 4.60. The van der Waals surface area contributed by atoms with Crippen LogP contribution in [0.25, 0.3) is 0 Å². The van der Waals surface area contributed by atoms with Gasteiger partial charge in [0.25, 0.3) is 15.9 Å². The highest BCUT2D eigenvalue weighted by atomic mass is 35.5. The molecular weight excluding hydrogens is 434 g/mol. The molecule has 0 aliphatic rings. The van der Waals surface area contributed by atoms with Crippen molar-refractivity contribution in [2.24, 2.45) is 0 Å². The Morgan fingerprint density at radius 1 is 1.03 bits per heavy atom. The van der Waals surface area contributed by atoms with Gasteiger partial charge in [-0.15, -0.1) is 0 Å². The molecule has 0 heterocycles. The number of halogens is 1. The van der Waals surface area contributed by atoms with Crippen molar-refractivity contribution >= 4 is 38.9 Å². The quantitative estimate of drug-likeness (QED) is 0.543. The Hall–Kier alpha value is -3.34. The molecule has 0 fully saturated rings. The third kappa shape index (κ3) is 5.43. The number of anilines is 2. The number of hydrogen-bond acceptors (Lipinski definition) is 4. The summed E-state index contributed by atoms with van der Waals surface area (Å²) in [7, 11) is -4.01. The molecule has 0 aliphatic carbocycles. The van der Waals surface area contributed by atoms with Crippen LogP contribution >= 0.6 is 11.6 Å². The molecule has 8 heteroatoms. The van der Waals surface area contributed by atoms with Gasteiger partial charge in [-0.25, -0.2) is 8.42 Å². The van der Waals surface area contributed by atoms with Crippen LogP contribution < -0.4 is 10.0 Å². The molecule has 1 amide bonds. The second-order valence-corrected chi connectivity index (χ2v) is 9.11. The van der Waals surface area contributed by atoms with Crippen LogP contribution in [0.2, 0.25) is 5.02 Å². The molecule has 3 aromatic rings. The molecule has 0 saturated carbocycles. The van der Waals surface area contributed by atoms with E-state index in [0.717, 1.165) is 16.7 Å². The van der Waals surface area contributed by atoms with Gasteiger partial charge in [-0.2, -0.15) is 5.26 Å². The van der Waals surface area contributed by atoms with Crippen LogP contribution in [-0.4, -0.2) is 14.3 Å². The minimum Gasteiger partial charge on any atom is -0.322 e. The summed E-state index contributed by atoms with van der Waals surface area (Å²) in [5.41, 5.74) is 3.73. The van der Waals surface area contributed by atoms with Crippen LogP contribution in [0.1, 0.15) is 27.0 Å². The number of rotatable bonds is 6. The molecule has 158 valence electrons. The lowest BCUT2D eigenvalue weighted by Crippen LogP contribution is -2.17. The Morgan fingerprint density at radius 2 is 1.74 bits per heavy atom. The lowest BCUT2D eigenvalue weighted by atomic mass is 10.1. The Bertz CT molecular complexity index is 1280. The van der Waals surface area contributed by atoms with Crippen molar-refractivity contribution in [1.82, 2.24) is 0 Å². The van der Waals surface area contributed by atoms with Gasteiger partial charge >= 0.3 is 0 Å². The van der Waals surface area contributed by atoms with E-state index in [1.807, 2.05) is 13.0 Å². The summed E-state index contributed by atoms with van der Waals surface area (Å²) in [4.78, 5) is 12.5. The predicted octanol–water partition coefficient (Wildman–Crippen LogP) is 5.08. The van der Waals surface area contributed by atoms with E-state index in [0.29, 0.717) is 11.4 Å². The molecule has 0 unspecified atom stereocenters. The highest BCUT2D eigenvalue weighted by Crippen LogP contribution is 2.27. The first-order valence-corrected chi connectivity index (χ1v) is 11.2. The highest BCUT2D eigenvalue weighted by Gasteiger charge is 2.21. The number of sulfonamides is 1. The van der Waals surface area contributed by atoms with Gasteiger partial charge in [0.1, 0.15) is 4.90 Å². The van der Waals surface area contributed by atoms with E-state index in [9.17, 15) is 13.2 Å². The standard InChI is InChI=1S/C23H20ClN3O3S/c1-15-3-10-21(16(2)13-15)27-31(29,30)22-14-18(6-9-20(22)24)23(28)26-19-7-4-17(5-8-19)11-12-25/h3-10,13-14,27H,11H2,1-2H3,(H,26,28). The van der Waals surface area contributed by atoms with Crippen LogP contribution in [0, 0.1) is 25.2 Å². The Labute approximate surface area is 186 Å². The first-order valence-electron chi connectivity index (χ1n) is 9.36. The van der Waals surface area contributed by atoms with Gasteiger partial charge in [-0.3, -0.25) is 9.52 Å². The molecule has 0 aromatic heterocycles. The SMILES string of the molecule is Cc1ccc(NS(=O)(=O)c2cc(C(=O)Nc3ccc(CC#N)cc3)ccc2Cl)c(C)c1. The van der Waals surface area contributed by atoms with Crippen LogP contribution in [0.5, 0.6) is 0 Å². The Morgan fingerprint density at radius 3 is 2.39 bits per heavy atom. The number of hydrogen-bond donors (Lipinski definition) is 2. The second-order valence-electron chi connectivity index (χ2n) is 7.06. The second kappa shape index (κ2) is 9.21. The van der Waals surface area contributed by atoms with Crippen molar-refractivity contribution in [3.63, 3.8) is 0 Å². The number of carbonyl (C=O) groups excluding carboxylic acids is 1. The van der Waals surface area contributed by atoms with E-state index in [1.165, 1.54) is 18.2 Å². The van der Waals surface area contributed by atoms with E-state index in [2.05, 4.69) is 16.1 Å². The van der Waals surface area contributed by atoms with Crippen LogP contribution in [0.4, 0.5) is 11.4 Å². The largest absolute Gasteiger partial charge is 0.322 e. The summed E-state index contributed by atoms with van der Waals surface area (Å²) in [6.07, 6.45) is 0.278. The molecule has 0 spiro atoms. The summed E-state index contributed by atoms with van der Waals surface area (Å²) in [6.45, 7) is 3.72. The van der Waals surface area contributed by atoms with Crippen LogP contribution in [0.3, 0.4) is 0 Å². The smallest absolute Gasteiger partial charge is 0.263 e. The van der Waals surface area contributed by atoms with Crippen molar-refractivity contribution in [3.8, 4) is 6.07 Å². The zero-order valence-electron chi connectivity index (χ0n) is 16.9. The maximum Gasteiger partial charge on any atom is 0.263 e. The Kier molecular flexibility index (Phi) is 6.64. The number of carbonyl (C=O) groups is 1. The maximum absolute atomic E-state index is 12.9. The summed E-state index contributed by atoms with van der Waals surface area (Å²) in [6, 6.07) is 18.3. The molecule has 0 radical (unpaired) electrons. The maximum atomic E-state index is 12.9. The molecule has 2 N–H and O–H groups in total. The number of aryl methyl sites for hydroxylation is 2. The van der Waals surface area contributed by atoms with Gasteiger partial charge in [0.05, 0.1) is 23.2 Å². The van der Waals surface area contributed by atoms with Crippen molar-refractivity contribution < 1.29 is 13.2 Å². The van der Waals surface area contributed by atoms with Crippen LogP contribution in [0.15, 0.2) is 65.6 Å². The molecule has 0 bridgehead atoms. The minimum atomic E-state index is -4.01. The van der Waals surface area contributed by atoms with Crippen LogP contribution in [-0.2, 0) is 16.4 Å². The summed E-state index contributed by atoms with van der Waals surface area (Å²) < 4.78 is 28.4. The van der Waals surface area contributed by atoms with E-state index in [-0.39, 0.29) is 21.9 Å². The predicted molar refractivity (Wildman–Crippen MR) is 122 cm³/mol. The average molecular weight is 454 g/mol. The Balaban J connectivity index is 1.84. The van der Waals surface area contributed by atoms with Crippen molar-refractivity contribution in [2.75, 3.05) is 10.0 Å². The van der Waals surface area contributed by atoms with Crippen molar-refractivity contribution in [1.29, 1.82) is 5.26 Å². The number of nitrogens with zero attached hydrogens (tertiary/aromatic N) is 1. The monoisotopic (exact) mass is 453 g/mol. The molecule has 3 aromatic carbocycles. The fourth-order valence-corrected chi connectivity index (χ4v) is 4.64. The lowest BCUT2D eigenvalue weighted by Gasteiger charge is -2.13. The number of amides is 1. The zero-order chi connectivity index (χ0) is 22.6. The molecular formula is C23H20ClN3O3S. The topological polar surface area (TPSA) is 99.1 Å². The number of benzene rings is 3. The normalized spacial score (nSPS) is 10.9. The van der Waals surface area contributed by atoms with E-state index in [1.54, 1.807) is 43.3 Å².